The first kappa shape index (κ1) is 16.8. The topological polar surface area (TPSA) is 15.3 Å². The minimum atomic E-state index is -0.194. The number of benzene rings is 1. The van der Waals surface area contributed by atoms with Gasteiger partial charge in [0.2, 0.25) is 0 Å². The van der Waals surface area contributed by atoms with Crippen molar-refractivity contribution in [2.24, 2.45) is 11.8 Å². The van der Waals surface area contributed by atoms with E-state index in [9.17, 15) is 4.39 Å². The third-order valence-corrected chi connectivity index (χ3v) is 5.34. The van der Waals surface area contributed by atoms with Crippen LogP contribution in [-0.4, -0.2) is 25.2 Å². The van der Waals surface area contributed by atoms with E-state index in [0.29, 0.717) is 23.9 Å². The lowest BCUT2D eigenvalue weighted by molar-refractivity contribution is 0.281. The largest absolute Gasteiger partial charge is 0.365 e. The Hall–Kier alpha value is -0.610. The van der Waals surface area contributed by atoms with Crippen LogP contribution in [0.5, 0.6) is 0 Å². The molecule has 0 saturated carbocycles. The molecule has 1 aromatic carbocycles. The molecule has 21 heavy (non-hydrogen) atoms. The molecular weight excluding hydrogens is 331 g/mol. The number of nitrogens with one attached hydrogen (secondary N) is 1. The number of hydrogen-bond donors (Lipinski definition) is 1. The summed E-state index contributed by atoms with van der Waals surface area (Å²) in [5.74, 6) is 0.993. The first-order chi connectivity index (χ1) is 9.93. The molecule has 1 fully saturated rings. The Labute approximate surface area is 136 Å². The molecule has 1 N–H and O–H groups in total. The molecule has 0 radical (unpaired) electrons. The molecule has 3 atom stereocenters. The fraction of sp³-hybridized carbons (Fsp3) is 0.647. The number of anilines is 1. The third-order valence-electron chi connectivity index (χ3n) is 4.70. The van der Waals surface area contributed by atoms with E-state index in [-0.39, 0.29) is 5.82 Å². The van der Waals surface area contributed by atoms with Crippen LogP contribution in [0.3, 0.4) is 0 Å². The number of nitrogens with zero attached hydrogens (tertiary/aromatic N) is 1. The van der Waals surface area contributed by atoms with Crippen molar-refractivity contribution in [2.45, 2.75) is 46.2 Å². The van der Waals surface area contributed by atoms with Gasteiger partial charge in [-0.3, -0.25) is 0 Å². The summed E-state index contributed by atoms with van der Waals surface area (Å²) in [6.07, 6.45) is 1.17. The van der Waals surface area contributed by atoms with Gasteiger partial charge in [-0.2, -0.15) is 0 Å². The van der Waals surface area contributed by atoms with Crippen LogP contribution in [0.1, 0.15) is 34.1 Å². The molecule has 1 heterocycles. The highest BCUT2D eigenvalue weighted by Gasteiger charge is 2.32. The van der Waals surface area contributed by atoms with Crippen molar-refractivity contribution in [3.05, 3.63) is 28.5 Å². The Balaban J connectivity index is 2.29. The van der Waals surface area contributed by atoms with Gasteiger partial charge in [-0.25, -0.2) is 4.39 Å². The predicted octanol–water partition coefficient (Wildman–Crippen LogP) is 4.44. The van der Waals surface area contributed by atoms with E-state index < -0.39 is 0 Å². The molecule has 1 aliphatic rings. The van der Waals surface area contributed by atoms with Crippen LogP contribution in [0.2, 0.25) is 0 Å². The van der Waals surface area contributed by atoms with Crippen molar-refractivity contribution in [1.29, 1.82) is 0 Å². The van der Waals surface area contributed by atoms with Crippen LogP contribution in [0.25, 0.3) is 0 Å². The normalized spacial score (nSPS) is 24.4. The molecule has 2 rings (SSSR count). The Kier molecular flexibility index (Phi) is 5.67. The second-order valence-electron chi connectivity index (χ2n) is 6.46. The van der Waals surface area contributed by atoms with Crippen molar-refractivity contribution < 1.29 is 4.39 Å². The van der Waals surface area contributed by atoms with E-state index in [1.54, 1.807) is 12.1 Å². The highest BCUT2D eigenvalue weighted by molar-refractivity contribution is 9.10. The molecule has 118 valence electrons. The van der Waals surface area contributed by atoms with Gasteiger partial charge in [-0.1, -0.05) is 34.1 Å². The van der Waals surface area contributed by atoms with Gasteiger partial charge in [0, 0.05) is 29.6 Å². The van der Waals surface area contributed by atoms with Gasteiger partial charge < -0.3 is 10.2 Å². The molecule has 1 aromatic rings. The van der Waals surface area contributed by atoms with Crippen LogP contribution < -0.4 is 10.2 Å². The predicted molar refractivity (Wildman–Crippen MR) is 91.3 cm³/mol. The van der Waals surface area contributed by atoms with E-state index >= 15 is 0 Å². The molecule has 0 aromatic heterocycles. The summed E-state index contributed by atoms with van der Waals surface area (Å²) in [5.41, 5.74) is 1.10. The quantitative estimate of drug-likeness (QED) is 0.857. The van der Waals surface area contributed by atoms with Crippen LogP contribution in [-0.2, 0) is 0 Å². The number of hydrogen-bond acceptors (Lipinski definition) is 2. The zero-order chi connectivity index (χ0) is 15.6. The zero-order valence-electron chi connectivity index (χ0n) is 13.4. The Morgan fingerprint density at radius 2 is 2.10 bits per heavy atom. The summed E-state index contributed by atoms with van der Waals surface area (Å²) in [6, 6.07) is 5.94. The Morgan fingerprint density at radius 3 is 2.67 bits per heavy atom. The molecule has 3 unspecified atom stereocenters. The average Bonchev–Trinajstić information content (AvgIpc) is 2.45. The van der Waals surface area contributed by atoms with Gasteiger partial charge in [0.25, 0.3) is 0 Å². The summed E-state index contributed by atoms with van der Waals surface area (Å²) in [5, 5.41) is 3.70. The Morgan fingerprint density at radius 1 is 1.38 bits per heavy atom. The summed E-state index contributed by atoms with van der Waals surface area (Å²) >= 11 is 3.53. The van der Waals surface area contributed by atoms with Gasteiger partial charge in [-0.15, -0.1) is 0 Å². The zero-order valence-corrected chi connectivity index (χ0v) is 15.0. The first-order valence-corrected chi connectivity index (χ1v) is 8.68. The molecule has 1 saturated heterocycles. The molecule has 0 spiro atoms. The summed E-state index contributed by atoms with van der Waals surface area (Å²) in [4.78, 5) is 2.45. The van der Waals surface area contributed by atoms with Crippen LogP contribution in [0.15, 0.2) is 22.7 Å². The minimum absolute atomic E-state index is 0.194. The van der Waals surface area contributed by atoms with Crippen molar-refractivity contribution in [3.8, 4) is 0 Å². The van der Waals surface area contributed by atoms with Crippen LogP contribution in [0, 0.1) is 17.7 Å². The summed E-state index contributed by atoms with van der Waals surface area (Å²) < 4.78 is 14.2. The number of piperazine rings is 1. The van der Waals surface area contributed by atoms with Gasteiger partial charge in [0.1, 0.15) is 5.82 Å². The minimum Gasteiger partial charge on any atom is -0.365 e. The van der Waals surface area contributed by atoms with Gasteiger partial charge in [0.15, 0.2) is 0 Å². The highest BCUT2D eigenvalue weighted by atomic mass is 79.9. The summed E-state index contributed by atoms with van der Waals surface area (Å²) in [7, 11) is 0. The van der Waals surface area contributed by atoms with Crippen LogP contribution >= 0.6 is 15.9 Å². The molecule has 1 aliphatic heterocycles. The maximum atomic E-state index is 13.4. The smallest absolute Gasteiger partial charge is 0.124 e. The lowest BCUT2D eigenvalue weighted by atomic mass is 9.91. The second kappa shape index (κ2) is 7.10. The van der Waals surface area contributed by atoms with Gasteiger partial charge in [-0.05, 0) is 46.0 Å². The molecule has 4 heteroatoms. The molecule has 0 bridgehead atoms. The first-order valence-electron chi connectivity index (χ1n) is 7.89. The van der Waals surface area contributed by atoms with Crippen molar-refractivity contribution in [1.82, 2.24) is 5.32 Å². The third kappa shape index (κ3) is 3.78. The van der Waals surface area contributed by atoms with Crippen molar-refractivity contribution in [3.63, 3.8) is 0 Å². The molecular formula is C17H26BrFN2. The SMILES string of the molecule is CCC(C)C1CN(c2ccc(F)cc2Br)C(C(C)C)CN1. The average molecular weight is 357 g/mol. The maximum Gasteiger partial charge on any atom is 0.124 e. The van der Waals surface area contributed by atoms with Crippen molar-refractivity contribution >= 4 is 21.6 Å². The molecule has 0 aliphatic carbocycles. The number of rotatable bonds is 4. The van der Waals surface area contributed by atoms with E-state index in [1.807, 2.05) is 6.07 Å². The lowest BCUT2D eigenvalue weighted by Gasteiger charge is -2.45. The van der Waals surface area contributed by atoms with E-state index in [0.717, 1.165) is 23.2 Å². The van der Waals surface area contributed by atoms with Gasteiger partial charge in [0.05, 0.1) is 5.69 Å². The summed E-state index contributed by atoms with van der Waals surface area (Å²) in [6.45, 7) is 11.0. The fourth-order valence-corrected chi connectivity index (χ4v) is 3.63. The Bertz CT molecular complexity index is 478. The van der Waals surface area contributed by atoms with Gasteiger partial charge >= 0.3 is 0 Å². The second-order valence-corrected chi connectivity index (χ2v) is 7.31. The van der Waals surface area contributed by atoms with E-state index in [2.05, 4.69) is 53.8 Å². The van der Waals surface area contributed by atoms with Crippen LogP contribution in [0.4, 0.5) is 10.1 Å². The number of halogens is 2. The standard InChI is InChI=1S/C17H26BrFN2/c1-5-12(4)15-10-21(17(9-20-15)11(2)3)16-7-6-13(19)8-14(16)18/h6-8,11-12,15,17,20H,5,9-10H2,1-4H3. The monoisotopic (exact) mass is 356 g/mol. The van der Waals surface area contributed by atoms with Crippen molar-refractivity contribution in [2.75, 3.05) is 18.0 Å². The highest BCUT2D eigenvalue weighted by Crippen LogP contribution is 2.32. The fourth-order valence-electron chi connectivity index (χ4n) is 3.05. The molecule has 2 nitrogen and oxygen atoms in total. The maximum absolute atomic E-state index is 13.4. The van der Waals surface area contributed by atoms with E-state index in [4.69, 9.17) is 0 Å². The lowest BCUT2D eigenvalue weighted by Crippen LogP contribution is -2.60. The van der Waals surface area contributed by atoms with E-state index in [1.165, 1.54) is 6.42 Å². The molecule has 0 amide bonds.